The normalized spacial score (nSPS) is 14.8. The van der Waals surface area contributed by atoms with Crippen LogP contribution in [0.5, 0.6) is 0 Å². The van der Waals surface area contributed by atoms with Crippen molar-refractivity contribution in [2.75, 3.05) is 49.9 Å². The van der Waals surface area contributed by atoms with Crippen LogP contribution in [-0.4, -0.2) is 71.1 Å². The highest BCUT2D eigenvalue weighted by atomic mass is 35.5. The zero-order valence-electron chi connectivity index (χ0n) is 17.3. The van der Waals surface area contributed by atoms with Crippen LogP contribution in [0.15, 0.2) is 59.0 Å². The lowest BCUT2D eigenvalue weighted by molar-refractivity contribution is -0.120. The monoisotopic (exact) mass is 454 g/mol. The minimum Gasteiger partial charge on any atom is -0.403 e. The first-order chi connectivity index (χ1) is 15.6. The Balaban J connectivity index is 1.19. The van der Waals surface area contributed by atoms with E-state index in [1.165, 1.54) is 0 Å². The van der Waals surface area contributed by atoms with Gasteiger partial charge in [0.05, 0.1) is 23.8 Å². The highest BCUT2D eigenvalue weighted by Gasteiger charge is 2.21. The number of hydrogen-bond donors (Lipinski definition) is 2. The molecule has 0 radical (unpaired) electrons. The average molecular weight is 455 g/mol. The Hall–Kier alpha value is -3.27. The summed E-state index contributed by atoms with van der Waals surface area (Å²) in [6, 6.07) is 16.6. The van der Waals surface area contributed by atoms with Gasteiger partial charge in [-0.3, -0.25) is 24.7 Å². The number of piperazine rings is 1. The largest absolute Gasteiger partial charge is 0.403 e. The maximum Gasteiger partial charge on any atom is 0.322 e. The number of carbonyl (C=O) groups is 2. The Morgan fingerprint density at radius 1 is 0.844 bits per heavy atom. The second kappa shape index (κ2) is 10.4. The highest BCUT2D eigenvalue weighted by Crippen LogP contribution is 2.20. The van der Waals surface area contributed by atoms with Crippen LogP contribution < -0.4 is 10.6 Å². The van der Waals surface area contributed by atoms with Crippen molar-refractivity contribution in [3.05, 3.63) is 59.6 Å². The van der Waals surface area contributed by atoms with Crippen molar-refractivity contribution in [1.82, 2.24) is 20.0 Å². The van der Waals surface area contributed by atoms with Crippen LogP contribution in [0, 0.1) is 0 Å². The number of hydrogen-bond acceptors (Lipinski definition) is 7. The highest BCUT2D eigenvalue weighted by molar-refractivity contribution is 6.33. The van der Waals surface area contributed by atoms with Gasteiger partial charge in [0.25, 0.3) is 0 Å². The van der Waals surface area contributed by atoms with E-state index in [1.807, 2.05) is 52.3 Å². The number of halogens is 1. The molecular weight excluding hydrogens is 432 g/mol. The molecule has 1 aromatic heterocycles. The summed E-state index contributed by atoms with van der Waals surface area (Å²) in [7, 11) is 0. The number of aromatic nitrogens is 2. The fourth-order valence-electron chi connectivity index (χ4n) is 3.39. The number of carbonyl (C=O) groups excluding carboxylic acids is 2. The zero-order chi connectivity index (χ0) is 22.3. The van der Waals surface area contributed by atoms with Crippen LogP contribution in [0.3, 0.4) is 0 Å². The van der Waals surface area contributed by atoms with E-state index >= 15 is 0 Å². The van der Waals surface area contributed by atoms with Crippen LogP contribution in [0.25, 0.3) is 11.5 Å². The van der Waals surface area contributed by atoms with Gasteiger partial charge in [0.15, 0.2) is 0 Å². The number of nitrogens with zero attached hydrogens (tertiary/aromatic N) is 4. The second-order valence-electron chi connectivity index (χ2n) is 7.41. The lowest BCUT2D eigenvalue weighted by Gasteiger charge is -2.33. The minimum absolute atomic E-state index is 0.0729. The van der Waals surface area contributed by atoms with Crippen molar-refractivity contribution in [2.45, 2.75) is 0 Å². The molecule has 2 N–H and O–H groups in total. The third-order valence-electron chi connectivity index (χ3n) is 5.04. The summed E-state index contributed by atoms with van der Waals surface area (Å²) >= 11 is 6.08. The summed E-state index contributed by atoms with van der Waals surface area (Å²) in [5, 5.41) is 13.8. The van der Waals surface area contributed by atoms with Gasteiger partial charge in [0.1, 0.15) is 0 Å². The third kappa shape index (κ3) is 5.91. The average Bonchev–Trinajstić information content (AvgIpc) is 3.26. The smallest absolute Gasteiger partial charge is 0.322 e. The van der Waals surface area contributed by atoms with Crippen LogP contribution in [0.4, 0.5) is 11.7 Å². The lowest BCUT2D eigenvalue weighted by Crippen LogP contribution is -2.50. The first kappa shape index (κ1) is 21.9. The van der Waals surface area contributed by atoms with E-state index < -0.39 is 0 Å². The zero-order valence-corrected chi connectivity index (χ0v) is 18.1. The molecule has 32 heavy (non-hydrogen) atoms. The molecule has 0 saturated carbocycles. The molecule has 2 amide bonds. The van der Waals surface area contributed by atoms with Crippen molar-refractivity contribution >= 4 is 35.1 Å². The van der Waals surface area contributed by atoms with Crippen molar-refractivity contribution < 1.29 is 14.0 Å². The Labute approximate surface area is 190 Å². The molecule has 1 fully saturated rings. The minimum atomic E-state index is -0.224. The van der Waals surface area contributed by atoms with Crippen LogP contribution in [0.2, 0.25) is 5.02 Å². The molecule has 10 heteroatoms. The van der Waals surface area contributed by atoms with E-state index in [0.29, 0.717) is 42.8 Å². The van der Waals surface area contributed by atoms with Crippen molar-refractivity contribution in [2.24, 2.45) is 0 Å². The quantitative estimate of drug-likeness (QED) is 0.565. The number of para-hydroxylation sites is 1. The Kier molecular flexibility index (Phi) is 7.10. The summed E-state index contributed by atoms with van der Waals surface area (Å²) in [5.41, 5.74) is 1.39. The van der Waals surface area contributed by atoms with Gasteiger partial charge in [-0.15, -0.1) is 5.10 Å². The summed E-state index contributed by atoms with van der Waals surface area (Å²) in [6.07, 6.45) is 0. The van der Waals surface area contributed by atoms with Crippen LogP contribution in [-0.2, 0) is 9.59 Å². The summed E-state index contributed by atoms with van der Waals surface area (Å²) in [5.74, 6) is 0.0117. The van der Waals surface area contributed by atoms with Crippen LogP contribution in [0.1, 0.15) is 0 Å². The molecule has 0 aliphatic carbocycles. The maximum atomic E-state index is 12.4. The second-order valence-corrected chi connectivity index (χ2v) is 7.81. The molecule has 9 nitrogen and oxygen atoms in total. The fourth-order valence-corrected chi connectivity index (χ4v) is 3.58. The molecule has 3 aromatic rings. The predicted molar refractivity (Wildman–Crippen MR) is 121 cm³/mol. The number of nitrogens with one attached hydrogen (secondary N) is 2. The van der Waals surface area contributed by atoms with Gasteiger partial charge in [-0.25, -0.2) is 0 Å². The Morgan fingerprint density at radius 2 is 1.44 bits per heavy atom. The van der Waals surface area contributed by atoms with E-state index in [2.05, 4.69) is 20.8 Å². The third-order valence-corrected chi connectivity index (χ3v) is 5.37. The molecule has 4 rings (SSSR count). The fraction of sp³-hybridized carbons (Fsp3) is 0.273. The van der Waals surface area contributed by atoms with Crippen molar-refractivity contribution in [3.8, 4) is 11.5 Å². The predicted octanol–water partition coefficient (Wildman–Crippen LogP) is 2.58. The molecule has 1 aliphatic rings. The van der Waals surface area contributed by atoms with Gasteiger partial charge in [-0.05, 0) is 24.3 Å². The maximum absolute atomic E-state index is 12.4. The van der Waals surface area contributed by atoms with Gasteiger partial charge < -0.3 is 9.73 Å². The first-order valence-corrected chi connectivity index (χ1v) is 10.6. The number of benzene rings is 2. The Bertz CT molecular complexity index is 1070. The molecule has 0 atom stereocenters. The van der Waals surface area contributed by atoms with Crippen molar-refractivity contribution in [3.63, 3.8) is 0 Å². The van der Waals surface area contributed by atoms with E-state index in [9.17, 15) is 9.59 Å². The molecule has 0 bridgehead atoms. The molecule has 166 valence electrons. The summed E-state index contributed by atoms with van der Waals surface area (Å²) in [6.45, 7) is 3.19. The molecule has 1 saturated heterocycles. The molecule has 0 unspecified atom stereocenters. The molecular formula is C22H23ClN6O3. The molecule has 0 spiro atoms. The topological polar surface area (TPSA) is 104 Å². The van der Waals surface area contributed by atoms with Crippen molar-refractivity contribution in [1.29, 1.82) is 0 Å². The molecule has 2 aromatic carbocycles. The summed E-state index contributed by atoms with van der Waals surface area (Å²) < 4.78 is 5.51. The lowest BCUT2D eigenvalue weighted by atomic mass is 10.2. The van der Waals surface area contributed by atoms with Gasteiger partial charge in [-0.2, -0.15) is 0 Å². The van der Waals surface area contributed by atoms with Gasteiger partial charge >= 0.3 is 6.01 Å². The van der Waals surface area contributed by atoms with E-state index in [-0.39, 0.29) is 30.9 Å². The van der Waals surface area contributed by atoms with E-state index in [0.717, 1.165) is 5.56 Å². The molecule has 2 heterocycles. The van der Waals surface area contributed by atoms with Gasteiger partial charge in [-0.1, -0.05) is 47.0 Å². The Morgan fingerprint density at radius 3 is 2.09 bits per heavy atom. The van der Waals surface area contributed by atoms with Crippen LogP contribution >= 0.6 is 11.6 Å². The number of amides is 2. The van der Waals surface area contributed by atoms with Gasteiger partial charge in [0, 0.05) is 31.7 Å². The first-order valence-electron chi connectivity index (χ1n) is 10.2. The van der Waals surface area contributed by atoms with E-state index in [4.69, 9.17) is 16.0 Å². The molecule has 1 aliphatic heterocycles. The standard InChI is InChI=1S/C22H23ClN6O3/c23-17-8-4-5-9-18(17)24-19(30)14-28-10-12-29(13-11-28)15-20(31)25-22-27-26-21(32-22)16-6-2-1-3-7-16/h1-9H,10-15H2,(H,24,30)(H,25,27,31). The summed E-state index contributed by atoms with van der Waals surface area (Å²) in [4.78, 5) is 28.7. The van der Waals surface area contributed by atoms with Gasteiger partial charge in [0.2, 0.25) is 17.7 Å². The number of anilines is 2. The number of rotatable bonds is 7. The SMILES string of the molecule is O=C(CN1CCN(CC(=O)Nc2ccccc2Cl)CC1)Nc1nnc(-c2ccccc2)o1. The van der Waals surface area contributed by atoms with E-state index in [1.54, 1.807) is 12.1 Å².